The van der Waals surface area contributed by atoms with Gasteiger partial charge in [0.1, 0.15) is 11.4 Å². The maximum absolute atomic E-state index is 13.4. The fraction of sp³-hybridized carbons (Fsp3) is 0.100. The first-order chi connectivity index (χ1) is 13.8. The zero-order chi connectivity index (χ0) is 20.6. The Bertz CT molecular complexity index is 1200. The molecule has 3 heterocycles. The summed E-state index contributed by atoms with van der Waals surface area (Å²) in [7, 11) is 0. The molecule has 1 aromatic carbocycles. The number of carbonyl (C=O) groups excluding carboxylic acids is 1. The number of rotatable bonds is 3. The number of hydrogen-bond donors (Lipinski definition) is 1. The number of carbonyl (C=O) groups is 1. The Morgan fingerprint density at radius 2 is 1.83 bits per heavy atom. The first kappa shape index (κ1) is 18.6. The summed E-state index contributed by atoms with van der Waals surface area (Å²) >= 11 is 0. The van der Waals surface area contributed by atoms with Crippen LogP contribution in [0.1, 0.15) is 21.7 Å². The van der Waals surface area contributed by atoms with Crippen molar-refractivity contribution in [3.05, 3.63) is 77.9 Å². The van der Waals surface area contributed by atoms with Gasteiger partial charge in [0.05, 0.1) is 17.0 Å². The second-order valence-corrected chi connectivity index (χ2v) is 6.25. The number of pyridine rings is 1. The molecule has 0 aliphatic rings. The van der Waals surface area contributed by atoms with Crippen LogP contribution in [0.3, 0.4) is 0 Å². The highest BCUT2D eigenvalue weighted by Gasteiger charge is 2.33. The van der Waals surface area contributed by atoms with Crippen LogP contribution in [0.25, 0.3) is 16.9 Å². The van der Waals surface area contributed by atoms with Crippen molar-refractivity contribution in [2.75, 3.05) is 5.32 Å². The molecule has 9 heteroatoms. The van der Waals surface area contributed by atoms with Crippen molar-refractivity contribution in [2.45, 2.75) is 13.1 Å². The summed E-state index contributed by atoms with van der Waals surface area (Å²) in [5.41, 5.74) is 0.510. The van der Waals surface area contributed by atoms with Gasteiger partial charge in [-0.3, -0.25) is 9.78 Å². The largest absolute Gasteiger partial charge is 0.417 e. The molecule has 1 amide bonds. The van der Waals surface area contributed by atoms with Crippen molar-refractivity contribution in [1.82, 2.24) is 19.6 Å². The van der Waals surface area contributed by atoms with Gasteiger partial charge in [0.25, 0.3) is 5.91 Å². The lowest BCUT2D eigenvalue weighted by molar-refractivity contribution is -0.137. The van der Waals surface area contributed by atoms with Gasteiger partial charge >= 0.3 is 6.18 Å². The number of anilines is 1. The van der Waals surface area contributed by atoms with Crippen molar-refractivity contribution in [3.8, 4) is 11.3 Å². The zero-order valence-electron chi connectivity index (χ0n) is 15.1. The van der Waals surface area contributed by atoms with E-state index in [1.807, 2.05) is 0 Å². The summed E-state index contributed by atoms with van der Waals surface area (Å²) in [6.45, 7) is 1.67. The molecule has 4 aromatic rings. The molecule has 0 unspecified atom stereocenters. The Kier molecular flexibility index (Phi) is 4.50. The molecule has 6 nitrogen and oxygen atoms in total. The molecule has 0 aliphatic carbocycles. The highest BCUT2D eigenvalue weighted by Crippen LogP contribution is 2.36. The van der Waals surface area contributed by atoms with E-state index in [0.29, 0.717) is 11.4 Å². The van der Waals surface area contributed by atoms with Crippen LogP contribution in [0.5, 0.6) is 0 Å². The van der Waals surface area contributed by atoms with E-state index in [-0.39, 0.29) is 22.6 Å². The predicted octanol–water partition coefficient (Wildman–Crippen LogP) is 4.37. The Labute approximate surface area is 163 Å². The summed E-state index contributed by atoms with van der Waals surface area (Å²) in [5.74, 6) is -0.466. The van der Waals surface area contributed by atoms with Gasteiger partial charge < -0.3 is 5.32 Å². The molecule has 0 saturated heterocycles. The molecule has 0 atom stereocenters. The molecule has 29 heavy (non-hydrogen) atoms. The molecule has 1 N–H and O–H groups in total. The van der Waals surface area contributed by atoms with Gasteiger partial charge in [-0.1, -0.05) is 24.3 Å². The third kappa shape index (κ3) is 3.54. The number of nitrogens with one attached hydrogen (secondary N) is 1. The topological polar surface area (TPSA) is 72.2 Å². The maximum Gasteiger partial charge on any atom is 0.417 e. The van der Waals surface area contributed by atoms with Crippen LogP contribution in [0.2, 0.25) is 0 Å². The monoisotopic (exact) mass is 397 g/mol. The molecule has 0 radical (unpaired) electrons. The van der Waals surface area contributed by atoms with Crippen molar-refractivity contribution >= 4 is 17.2 Å². The Morgan fingerprint density at radius 1 is 1.07 bits per heavy atom. The van der Waals surface area contributed by atoms with E-state index in [2.05, 4.69) is 20.4 Å². The Balaban J connectivity index is 1.80. The quantitative estimate of drug-likeness (QED) is 0.557. The van der Waals surface area contributed by atoms with Crippen molar-refractivity contribution in [1.29, 1.82) is 0 Å². The fourth-order valence-corrected chi connectivity index (χ4v) is 2.96. The average molecular weight is 397 g/mol. The standard InChI is InChI=1S/C20H14F3N5O/c1-12-17(26-19(29)16-8-4-5-10-24-16)18-25-15(9-11-28(18)27-12)13-6-2-3-7-14(13)20(21,22)23/h2-11H,1H3,(H,26,29). The summed E-state index contributed by atoms with van der Waals surface area (Å²) in [6.07, 6.45) is -1.52. The summed E-state index contributed by atoms with van der Waals surface area (Å²) < 4.78 is 41.6. The SMILES string of the molecule is Cc1nn2ccc(-c3ccccc3C(F)(F)F)nc2c1NC(=O)c1ccccn1. The van der Waals surface area contributed by atoms with E-state index in [0.717, 1.165) is 6.07 Å². The van der Waals surface area contributed by atoms with E-state index in [9.17, 15) is 18.0 Å². The lowest BCUT2D eigenvalue weighted by Gasteiger charge is -2.12. The van der Waals surface area contributed by atoms with Crippen molar-refractivity contribution in [2.24, 2.45) is 0 Å². The number of halogens is 3. The first-order valence-corrected chi connectivity index (χ1v) is 8.59. The highest BCUT2D eigenvalue weighted by molar-refractivity contribution is 6.05. The molecular formula is C20H14F3N5O. The smallest absolute Gasteiger partial charge is 0.316 e. The average Bonchev–Trinajstić information content (AvgIpc) is 3.02. The number of fused-ring (bicyclic) bond motifs is 1. The van der Waals surface area contributed by atoms with Gasteiger partial charge in [-0.15, -0.1) is 0 Å². The Morgan fingerprint density at radius 3 is 2.55 bits per heavy atom. The van der Waals surface area contributed by atoms with Crippen molar-refractivity contribution < 1.29 is 18.0 Å². The molecule has 0 fully saturated rings. The third-order valence-corrected chi connectivity index (χ3v) is 4.30. The lowest BCUT2D eigenvalue weighted by atomic mass is 10.0. The molecule has 146 valence electrons. The van der Waals surface area contributed by atoms with Gasteiger partial charge in [0.2, 0.25) is 0 Å². The lowest BCUT2D eigenvalue weighted by Crippen LogP contribution is -2.14. The van der Waals surface area contributed by atoms with Crippen LogP contribution in [-0.4, -0.2) is 25.5 Å². The van der Waals surface area contributed by atoms with E-state index in [1.165, 1.54) is 41.2 Å². The first-order valence-electron chi connectivity index (χ1n) is 8.59. The zero-order valence-corrected chi connectivity index (χ0v) is 15.1. The predicted molar refractivity (Wildman–Crippen MR) is 100 cm³/mol. The van der Waals surface area contributed by atoms with Gasteiger partial charge in [-0.2, -0.15) is 18.3 Å². The summed E-state index contributed by atoms with van der Waals surface area (Å²) in [4.78, 5) is 20.8. The number of benzene rings is 1. The summed E-state index contributed by atoms with van der Waals surface area (Å²) in [5, 5.41) is 6.97. The third-order valence-electron chi connectivity index (χ3n) is 4.30. The van der Waals surface area contributed by atoms with Gasteiger partial charge in [0, 0.05) is 18.0 Å². The number of aryl methyl sites for hydroxylation is 1. The fourth-order valence-electron chi connectivity index (χ4n) is 2.96. The van der Waals surface area contributed by atoms with Crippen LogP contribution in [0.4, 0.5) is 18.9 Å². The molecule has 4 rings (SSSR count). The van der Waals surface area contributed by atoms with Crippen molar-refractivity contribution in [3.63, 3.8) is 0 Å². The number of aromatic nitrogens is 4. The van der Waals surface area contributed by atoms with E-state index >= 15 is 0 Å². The number of alkyl halides is 3. The number of nitrogens with zero attached hydrogens (tertiary/aromatic N) is 4. The highest BCUT2D eigenvalue weighted by atomic mass is 19.4. The minimum absolute atomic E-state index is 0.0524. The van der Waals surface area contributed by atoms with Crippen LogP contribution < -0.4 is 5.32 Å². The van der Waals surface area contributed by atoms with Gasteiger partial charge in [-0.25, -0.2) is 9.50 Å². The minimum Gasteiger partial charge on any atom is -0.316 e. The molecule has 0 bridgehead atoms. The Hall–Kier alpha value is -3.75. The molecular weight excluding hydrogens is 383 g/mol. The second kappa shape index (κ2) is 7.01. The molecule has 3 aromatic heterocycles. The second-order valence-electron chi connectivity index (χ2n) is 6.25. The normalized spacial score (nSPS) is 11.6. The summed E-state index contributed by atoms with van der Waals surface area (Å²) in [6, 6.07) is 11.6. The number of hydrogen-bond acceptors (Lipinski definition) is 4. The van der Waals surface area contributed by atoms with Gasteiger partial charge in [-0.05, 0) is 31.2 Å². The van der Waals surface area contributed by atoms with Crippen LogP contribution in [0.15, 0.2) is 60.9 Å². The van der Waals surface area contributed by atoms with Crippen LogP contribution in [0, 0.1) is 6.92 Å². The van der Waals surface area contributed by atoms with E-state index in [4.69, 9.17) is 0 Å². The molecule has 0 aliphatic heterocycles. The van der Waals surface area contributed by atoms with Gasteiger partial charge in [0.15, 0.2) is 5.65 Å². The molecule has 0 saturated carbocycles. The van der Waals surface area contributed by atoms with Crippen LogP contribution >= 0.6 is 0 Å². The van der Waals surface area contributed by atoms with E-state index < -0.39 is 17.6 Å². The number of amides is 1. The van der Waals surface area contributed by atoms with Crippen LogP contribution in [-0.2, 0) is 6.18 Å². The maximum atomic E-state index is 13.4. The molecule has 0 spiro atoms. The minimum atomic E-state index is -4.52. The van der Waals surface area contributed by atoms with E-state index in [1.54, 1.807) is 25.1 Å².